The van der Waals surface area contributed by atoms with Crippen molar-refractivity contribution < 1.29 is 0 Å². The largest absolute Gasteiger partial charge is 0.327 e. The molecule has 0 amide bonds. The minimum Gasteiger partial charge on any atom is -0.327 e. The van der Waals surface area contributed by atoms with E-state index in [2.05, 4.69) is 15.9 Å². The van der Waals surface area contributed by atoms with Crippen LogP contribution in [-0.2, 0) is 12.8 Å². The van der Waals surface area contributed by atoms with Crippen LogP contribution >= 0.6 is 50.7 Å². The van der Waals surface area contributed by atoms with E-state index in [-0.39, 0.29) is 6.04 Å². The molecule has 2 aromatic carbocycles. The number of hydrogen-bond acceptors (Lipinski definition) is 1. The van der Waals surface area contributed by atoms with Crippen LogP contribution in [0.2, 0.25) is 15.1 Å². The lowest BCUT2D eigenvalue weighted by Crippen LogP contribution is -2.25. The Balaban J connectivity index is 2.04. The first-order valence-electron chi connectivity index (χ1n) is 6.09. The second-order valence-corrected chi connectivity index (χ2v) is 6.79. The summed E-state index contributed by atoms with van der Waals surface area (Å²) < 4.78 is 0.962. The molecule has 2 rings (SSSR count). The van der Waals surface area contributed by atoms with Gasteiger partial charge in [0, 0.05) is 15.5 Å². The van der Waals surface area contributed by atoms with E-state index in [1.165, 1.54) is 0 Å². The monoisotopic (exact) mass is 391 g/mol. The smallest absolute Gasteiger partial charge is 0.0595 e. The first-order valence-corrected chi connectivity index (χ1v) is 8.02. The minimum atomic E-state index is -0.0223. The highest BCUT2D eigenvalue weighted by Gasteiger charge is 2.10. The van der Waals surface area contributed by atoms with Crippen LogP contribution < -0.4 is 5.73 Å². The van der Waals surface area contributed by atoms with E-state index in [1.807, 2.05) is 30.3 Å². The molecule has 1 unspecified atom stereocenters. The van der Waals surface area contributed by atoms with Gasteiger partial charge in [0.25, 0.3) is 0 Å². The summed E-state index contributed by atoms with van der Waals surface area (Å²) in [5.74, 6) is 0. The van der Waals surface area contributed by atoms with Gasteiger partial charge in [0.2, 0.25) is 0 Å². The van der Waals surface area contributed by atoms with E-state index in [1.54, 1.807) is 6.07 Å². The molecule has 5 heteroatoms. The first-order chi connectivity index (χ1) is 9.45. The first kappa shape index (κ1) is 16.1. The van der Waals surface area contributed by atoms with Crippen LogP contribution in [-0.4, -0.2) is 6.04 Å². The van der Waals surface area contributed by atoms with Crippen molar-refractivity contribution in [2.24, 2.45) is 5.73 Å². The van der Waals surface area contributed by atoms with Gasteiger partial charge < -0.3 is 5.73 Å². The number of rotatable bonds is 4. The Labute approximate surface area is 142 Å². The zero-order valence-corrected chi connectivity index (χ0v) is 14.4. The molecule has 1 nitrogen and oxygen atoms in total. The van der Waals surface area contributed by atoms with Gasteiger partial charge in [-0.05, 0) is 48.2 Å². The average molecular weight is 394 g/mol. The molecule has 2 N–H and O–H groups in total. The third-order valence-corrected chi connectivity index (χ3v) is 4.56. The number of benzene rings is 2. The van der Waals surface area contributed by atoms with Gasteiger partial charge in [0.1, 0.15) is 0 Å². The fraction of sp³-hybridized carbons (Fsp3) is 0.200. The van der Waals surface area contributed by atoms with Crippen molar-refractivity contribution in [2.45, 2.75) is 18.9 Å². The van der Waals surface area contributed by atoms with E-state index in [9.17, 15) is 0 Å². The lowest BCUT2D eigenvalue weighted by atomic mass is 10.00. The molecular weight excluding hydrogens is 380 g/mol. The normalized spacial score (nSPS) is 12.4. The quantitative estimate of drug-likeness (QED) is 0.727. The molecule has 2 aromatic rings. The molecule has 20 heavy (non-hydrogen) atoms. The van der Waals surface area contributed by atoms with Crippen molar-refractivity contribution in [1.82, 2.24) is 0 Å². The predicted octanol–water partition coefficient (Wildman–Crippen LogP) is 5.52. The number of nitrogens with two attached hydrogens (primary N) is 1. The Bertz CT molecular complexity index is 616. The molecular formula is C15H13BrCl3N. The van der Waals surface area contributed by atoms with Crippen molar-refractivity contribution in [3.05, 3.63) is 67.1 Å². The summed E-state index contributed by atoms with van der Waals surface area (Å²) in [7, 11) is 0. The Morgan fingerprint density at radius 2 is 1.65 bits per heavy atom. The van der Waals surface area contributed by atoms with Crippen molar-refractivity contribution in [3.8, 4) is 0 Å². The average Bonchev–Trinajstić information content (AvgIpc) is 2.37. The Hall–Kier alpha value is -0.250. The van der Waals surface area contributed by atoms with Gasteiger partial charge in [-0.25, -0.2) is 0 Å². The third kappa shape index (κ3) is 4.37. The molecule has 106 valence electrons. The van der Waals surface area contributed by atoms with E-state index in [0.29, 0.717) is 16.5 Å². The highest BCUT2D eigenvalue weighted by Crippen LogP contribution is 2.25. The van der Waals surface area contributed by atoms with E-state index in [4.69, 9.17) is 40.5 Å². The molecule has 0 radical (unpaired) electrons. The predicted molar refractivity (Wildman–Crippen MR) is 91.0 cm³/mol. The summed E-state index contributed by atoms with van der Waals surface area (Å²) in [4.78, 5) is 0. The SMILES string of the molecule is NC(Cc1ccc(Cl)c(Cl)c1)Cc1ccc(Br)cc1Cl. The number of halogens is 4. The van der Waals surface area contributed by atoms with Crippen molar-refractivity contribution in [2.75, 3.05) is 0 Å². The molecule has 0 fully saturated rings. The maximum Gasteiger partial charge on any atom is 0.0595 e. The van der Waals surface area contributed by atoms with Crippen LogP contribution in [0.15, 0.2) is 40.9 Å². The molecule has 0 aliphatic rings. The molecule has 0 heterocycles. The standard InChI is InChI=1S/C15H13BrCl3N/c16-11-3-2-10(14(18)8-11)7-12(20)5-9-1-4-13(17)15(19)6-9/h1-4,6,8,12H,5,7,20H2. The van der Waals surface area contributed by atoms with Crippen molar-refractivity contribution in [3.63, 3.8) is 0 Å². The van der Waals surface area contributed by atoms with E-state index < -0.39 is 0 Å². The van der Waals surface area contributed by atoms with Crippen LogP contribution in [0.1, 0.15) is 11.1 Å². The van der Waals surface area contributed by atoms with E-state index in [0.717, 1.165) is 27.0 Å². The Morgan fingerprint density at radius 1 is 0.900 bits per heavy atom. The van der Waals surface area contributed by atoms with Crippen LogP contribution in [0.5, 0.6) is 0 Å². The summed E-state index contributed by atoms with van der Waals surface area (Å²) in [5.41, 5.74) is 8.30. The molecule has 0 saturated heterocycles. The van der Waals surface area contributed by atoms with Crippen LogP contribution in [0.4, 0.5) is 0 Å². The molecule has 0 aromatic heterocycles. The van der Waals surface area contributed by atoms with Gasteiger partial charge in [-0.15, -0.1) is 0 Å². The fourth-order valence-electron chi connectivity index (χ4n) is 2.01. The highest BCUT2D eigenvalue weighted by molar-refractivity contribution is 9.10. The zero-order chi connectivity index (χ0) is 14.7. The Morgan fingerprint density at radius 3 is 2.30 bits per heavy atom. The zero-order valence-electron chi connectivity index (χ0n) is 10.5. The molecule has 0 aliphatic carbocycles. The van der Waals surface area contributed by atoms with Crippen molar-refractivity contribution in [1.29, 1.82) is 0 Å². The van der Waals surface area contributed by atoms with Crippen LogP contribution in [0, 0.1) is 0 Å². The molecule has 0 spiro atoms. The lowest BCUT2D eigenvalue weighted by Gasteiger charge is -2.13. The highest BCUT2D eigenvalue weighted by atomic mass is 79.9. The summed E-state index contributed by atoms with van der Waals surface area (Å²) in [6, 6.07) is 11.4. The van der Waals surface area contributed by atoms with Crippen molar-refractivity contribution >= 4 is 50.7 Å². The van der Waals surface area contributed by atoms with Gasteiger partial charge in [0.15, 0.2) is 0 Å². The summed E-state index contributed by atoms with van der Waals surface area (Å²) in [6.45, 7) is 0. The van der Waals surface area contributed by atoms with Gasteiger partial charge in [-0.3, -0.25) is 0 Å². The number of hydrogen-bond donors (Lipinski definition) is 1. The molecule has 0 saturated carbocycles. The van der Waals surface area contributed by atoms with Gasteiger partial charge in [-0.2, -0.15) is 0 Å². The van der Waals surface area contributed by atoms with Crippen LogP contribution in [0.3, 0.4) is 0 Å². The van der Waals surface area contributed by atoms with Gasteiger partial charge >= 0.3 is 0 Å². The minimum absolute atomic E-state index is 0.0223. The molecule has 0 aliphatic heterocycles. The summed E-state index contributed by atoms with van der Waals surface area (Å²) >= 11 is 21.5. The fourth-order valence-corrected chi connectivity index (χ4v) is 3.08. The van der Waals surface area contributed by atoms with Crippen LogP contribution in [0.25, 0.3) is 0 Å². The summed E-state index contributed by atoms with van der Waals surface area (Å²) in [6.07, 6.45) is 1.44. The van der Waals surface area contributed by atoms with Gasteiger partial charge in [0.05, 0.1) is 10.0 Å². The topological polar surface area (TPSA) is 26.0 Å². The maximum absolute atomic E-state index is 6.20. The van der Waals surface area contributed by atoms with E-state index >= 15 is 0 Å². The Kier molecular flexibility index (Phi) is 5.76. The second-order valence-electron chi connectivity index (χ2n) is 4.65. The maximum atomic E-state index is 6.20. The second kappa shape index (κ2) is 7.15. The lowest BCUT2D eigenvalue weighted by molar-refractivity contribution is 0.665. The molecule has 0 bridgehead atoms. The summed E-state index contributed by atoms with van der Waals surface area (Å²) in [5, 5.41) is 1.84. The molecule has 1 atom stereocenters. The van der Waals surface area contributed by atoms with Gasteiger partial charge in [-0.1, -0.05) is 62.9 Å². The third-order valence-electron chi connectivity index (χ3n) is 2.98.